The molecule has 1 atom stereocenters. The molecule has 0 aliphatic heterocycles. The molecule has 1 heterocycles. The lowest BCUT2D eigenvalue weighted by atomic mass is 10.1. The second-order valence-corrected chi connectivity index (χ2v) is 4.16. The number of nitrogens with one attached hydrogen (secondary N) is 1. The number of aryl methyl sites for hydroxylation is 1. The van der Waals surface area contributed by atoms with Crippen LogP contribution in [0.15, 0.2) is 42.5 Å². The van der Waals surface area contributed by atoms with Gasteiger partial charge in [-0.15, -0.1) is 0 Å². The third kappa shape index (κ3) is 3.28. The number of rotatable bonds is 4. The number of hydrogen-bond donors (Lipinski definition) is 2. The van der Waals surface area contributed by atoms with Gasteiger partial charge in [-0.2, -0.15) is 4.39 Å². The van der Waals surface area contributed by atoms with Gasteiger partial charge in [-0.25, -0.2) is 4.98 Å². The Hall–Kier alpha value is -1.94. The highest BCUT2D eigenvalue weighted by Gasteiger charge is 2.07. The number of nitrogens with zero attached hydrogens (tertiary/aromatic N) is 1. The summed E-state index contributed by atoms with van der Waals surface area (Å²) in [5.74, 6) is -0.119. The Balaban J connectivity index is 1.98. The lowest BCUT2D eigenvalue weighted by Gasteiger charge is -2.13. The van der Waals surface area contributed by atoms with Crippen LogP contribution in [0.5, 0.6) is 0 Å². The molecule has 0 aliphatic rings. The quantitative estimate of drug-likeness (QED) is 0.815. The van der Waals surface area contributed by atoms with Gasteiger partial charge in [0.1, 0.15) is 5.82 Å². The highest BCUT2D eigenvalue weighted by atomic mass is 19.1. The number of pyridine rings is 1. The van der Waals surface area contributed by atoms with Crippen LogP contribution in [0.1, 0.15) is 17.2 Å². The van der Waals surface area contributed by atoms with Crippen LogP contribution >= 0.6 is 0 Å². The van der Waals surface area contributed by atoms with E-state index >= 15 is 0 Å². The van der Waals surface area contributed by atoms with E-state index in [-0.39, 0.29) is 0 Å². The minimum absolute atomic E-state index is 0.292. The largest absolute Gasteiger partial charge is 0.387 e. The smallest absolute Gasteiger partial charge is 0.214 e. The van der Waals surface area contributed by atoms with Gasteiger partial charge in [0.25, 0.3) is 0 Å². The molecule has 0 aliphatic carbocycles. The topological polar surface area (TPSA) is 45.1 Å². The molecule has 1 aromatic heterocycles. The zero-order valence-electron chi connectivity index (χ0n) is 10.1. The third-order valence-corrected chi connectivity index (χ3v) is 2.62. The van der Waals surface area contributed by atoms with Gasteiger partial charge in [-0.05, 0) is 24.6 Å². The highest BCUT2D eigenvalue weighted by Crippen LogP contribution is 2.15. The van der Waals surface area contributed by atoms with Crippen LogP contribution < -0.4 is 5.32 Å². The number of benzene rings is 1. The van der Waals surface area contributed by atoms with Gasteiger partial charge in [0, 0.05) is 6.54 Å². The molecule has 0 saturated carbocycles. The summed E-state index contributed by atoms with van der Waals surface area (Å²) < 4.78 is 12.9. The number of aromatic nitrogens is 1. The second-order valence-electron chi connectivity index (χ2n) is 4.16. The Bertz CT molecular complexity index is 531. The van der Waals surface area contributed by atoms with Crippen molar-refractivity contribution in [3.63, 3.8) is 0 Å². The van der Waals surface area contributed by atoms with E-state index in [2.05, 4.69) is 10.3 Å². The van der Waals surface area contributed by atoms with Gasteiger partial charge < -0.3 is 10.4 Å². The molecule has 1 unspecified atom stereocenters. The van der Waals surface area contributed by atoms with E-state index in [0.29, 0.717) is 12.4 Å². The Morgan fingerprint density at radius 3 is 2.78 bits per heavy atom. The molecule has 0 saturated heterocycles. The number of anilines is 1. The van der Waals surface area contributed by atoms with Crippen molar-refractivity contribution < 1.29 is 9.50 Å². The zero-order chi connectivity index (χ0) is 13.0. The van der Waals surface area contributed by atoms with Crippen molar-refractivity contribution >= 4 is 5.82 Å². The fourth-order valence-electron chi connectivity index (χ4n) is 1.70. The van der Waals surface area contributed by atoms with Crippen molar-refractivity contribution in [3.8, 4) is 0 Å². The summed E-state index contributed by atoms with van der Waals surface area (Å²) in [6, 6.07) is 12.2. The SMILES string of the molecule is Cc1cccc(C(O)CNc2cccc(F)n2)c1. The maximum atomic E-state index is 12.9. The average Bonchev–Trinajstić information content (AvgIpc) is 2.36. The second kappa shape index (κ2) is 5.60. The Morgan fingerprint density at radius 1 is 1.28 bits per heavy atom. The van der Waals surface area contributed by atoms with E-state index in [1.54, 1.807) is 12.1 Å². The van der Waals surface area contributed by atoms with Gasteiger partial charge in [0.2, 0.25) is 5.95 Å². The van der Waals surface area contributed by atoms with E-state index in [9.17, 15) is 9.50 Å². The molecule has 2 rings (SSSR count). The zero-order valence-corrected chi connectivity index (χ0v) is 10.1. The Morgan fingerprint density at radius 2 is 2.06 bits per heavy atom. The van der Waals surface area contributed by atoms with E-state index in [4.69, 9.17) is 0 Å². The van der Waals surface area contributed by atoms with Crippen molar-refractivity contribution in [1.82, 2.24) is 4.98 Å². The monoisotopic (exact) mass is 246 g/mol. The highest BCUT2D eigenvalue weighted by molar-refractivity contribution is 5.34. The van der Waals surface area contributed by atoms with Crippen LogP contribution in [-0.4, -0.2) is 16.6 Å². The molecule has 1 aromatic carbocycles. The molecule has 94 valence electrons. The number of aliphatic hydroxyl groups is 1. The van der Waals surface area contributed by atoms with Crippen molar-refractivity contribution in [1.29, 1.82) is 0 Å². The number of halogens is 1. The van der Waals surface area contributed by atoms with E-state index in [0.717, 1.165) is 11.1 Å². The molecule has 0 fully saturated rings. The summed E-state index contributed by atoms with van der Waals surface area (Å²) in [6.07, 6.45) is -0.644. The third-order valence-electron chi connectivity index (χ3n) is 2.62. The van der Waals surface area contributed by atoms with Crippen LogP contribution in [0.4, 0.5) is 10.2 Å². The maximum absolute atomic E-state index is 12.9. The van der Waals surface area contributed by atoms with E-state index < -0.39 is 12.1 Å². The normalized spacial score (nSPS) is 12.2. The van der Waals surface area contributed by atoms with Crippen molar-refractivity contribution in [3.05, 3.63) is 59.5 Å². The first-order chi connectivity index (χ1) is 8.65. The van der Waals surface area contributed by atoms with Crippen LogP contribution in [0, 0.1) is 12.9 Å². The molecule has 3 nitrogen and oxygen atoms in total. The number of aliphatic hydroxyl groups excluding tert-OH is 1. The maximum Gasteiger partial charge on any atom is 0.214 e. The number of hydrogen-bond acceptors (Lipinski definition) is 3. The molecule has 4 heteroatoms. The summed E-state index contributed by atoms with van der Waals surface area (Å²) in [7, 11) is 0. The molecular weight excluding hydrogens is 231 g/mol. The van der Waals surface area contributed by atoms with Gasteiger partial charge in [0.05, 0.1) is 6.10 Å². The van der Waals surface area contributed by atoms with E-state index in [1.807, 2.05) is 31.2 Å². The molecular formula is C14H15FN2O. The van der Waals surface area contributed by atoms with Gasteiger partial charge in [-0.3, -0.25) is 0 Å². The molecule has 0 amide bonds. The van der Waals surface area contributed by atoms with E-state index in [1.165, 1.54) is 6.07 Å². The molecule has 2 N–H and O–H groups in total. The molecule has 0 spiro atoms. The molecule has 18 heavy (non-hydrogen) atoms. The molecule has 0 bridgehead atoms. The van der Waals surface area contributed by atoms with Gasteiger partial charge in [-0.1, -0.05) is 35.9 Å². The summed E-state index contributed by atoms with van der Waals surface area (Å²) in [6.45, 7) is 2.26. The fraction of sp³-hybridized carbons (Fsp3) is 0.214. The van der Waals surface area contributed by atoms with Gasteiger partial charge in [0.15, 0.2) is 0 Å². The minimum atomic E-state index is -0.644. The van der Waals surface area contributed by atoms with Crippen molar-refractivity contribution in [2.45, 2.75) is 13.0 Å². The molecule has 2 aromatic rings. The van der Waals surface area contributed by atoms with Crippen LogP contribution in [-0.2, 0) is 0 Å². The van der Waals surface area contributed by atoms with Crippen LogP contribution in [0.25, 0.3) is 0 Å². The summed E-state index contributed by atoms with van der Waals surface area (Å²) in [5, 5.41) is 12.9. The summed E-state index contributed by atoms with van der Waals surface area (Å²) >= 11 is 0. The molecule has 0 radical (unpaired) electrons. The summed E-state index contributed by atoms with van der Waals surface area (Å²) in [5.41, 5.74) is 1.93. The Kier molecular flexibility index (Phi) is 3.89. The average molecular weight is 246 g/mol. The van der Waals surface area contributed by atoms with Crippen molar-refractivity contribution in [2.24, 2.45) is 0 Å². The lowest BCUT2D eigenvalue weighted by molar-refractivity contribution is 0.191. The lowest BCUT2D eigenvalue weighted by Crippen LogP contribution is -2.13. The first-order valence-corrected chi connectivity index (χ1v) is 5.76. The first-order valence-electron chi connectivity index (χ1n) is 5.76. The Labute approximate surface area is 105 Å². The van der Waals surface area contributed by atoms with Crippen molar-refractivity contribution in [2.75, 3.05) is 11.9 Å². The predicted octanol–water partition coefficient (Wildman–Crippen LogP) is 2.67. The van der Waals surface area contributed by atoms with Crippen LogP contribution in [0.3, 0.4) is 0 Å². The standard InChI is InChI=1S/C14H15FN2O/c1-10-4-2-5-11(8-10)12(18)9-16-14-7-3-6-13(15)17-14/h2-8,12,18H,9H2,1H3,(H,16,17). The summed E-state index contributed by atoms with van der Waals surface area (Å²) in [4.78, 5) is 3.67. The minimum Gasteiger partial charge on any atom is -0.387 e. The van der Waals surface area contributed by atoms with Gasteiger partial charge >= 0.3 is 0 Å². The predicted molar refractivity (Wildman–Crippen MR) is 68.8 cm³/mol. The fourth-order valence-corrected chi connectivity index (χ4v) is 1.70. The first kappa shape index (κ1) is 12.5. The van der Waals surface area contributed by atoms with Crippen LogP contribution in [0.2, 0.25) is 0 Å².